The summed E-state index contributed by atoms with van der Waals surface area (Å²) in [5.74, 6) is -0.359. The van der Waals surface area contributed by atoms with Crippen molar-refractivity contribution >= 4 is 11.9 Å². The van der Waals surface area contributed by atoms with Crippen molar-refractivity contribution in [2.24, 2.45) is 5.92 Å². The van der Waals surface area contributed by atoms with Crippen LogP contribution >= 0.6 is 0 Å². The quantitative estimate of drug-likeness (QED) is 0.489. The lowest BCUT2D eigenvalue weighted by Crippen LogP contribution is -2.35. The zero-order valence-electron chi connectivity index (χ0n) is 11.5. The van der Waals surface area contributed by atoms with E-state index in [2.05, 4.69) is 24.5 Å². The topological polar surface area (TPSA) is 78.4 Å². The van der Waals surface area contributed by atoms with Gasteiger partial charge in [-0.15, -0.1) is 0 Å². The SMILES string of the molecule is CCCNCC(=O)NCCC(CC)CCC(=O)O. The molecule has 0 saturated carbocycles. The van der Waals surface area contributed by atoms with E-state index in [1.165, 1.54) is 0 Å². The zero-order valence-corrected chi connectivity index (χ0v) is 11.5. The summed E-state index contributed by atoms with van der Waals surface area (Å²) in [6, 6.07) is 0. The Kier molecular flexibility index (Phi) is 10.3. The molecule has 0 aromatic heterocycles. The third-order valence-electron chi connectivity index (χ3n) is 2.93. The minimum absolute atomic E-state index is 0.0107. The van der Waals surface area contributed by atoms with E-state index in [9.17, 15) is 9.59 Å². The number of carboxylic acids is 1. The van der Waals surface area contributed by atoms with Crippen LogP contribution in [0.3, 0.4) is 0 Å². The smallest absolute Gasteiger partial charge is 0.303 e. The molecule has 106 valence electrons. The predicted molar refractivity (Wildman–Crippen MR) is 71.4 cm³/mol. The van der Waals surface area contributed by atoms with Crippen molar-refractivity contribution in [3.8, 4) is 0 Å². The second-order valence-electron chi connectivity index (χ2n) is 4.52. The molecule has 0 radical (unpaired) electrons. The molecule has 0 saturated heterocycles. The summed E-state index contributed by atoms with van der Waals surface area (Å²) in [4.78, 5) is 21.9. The monoisotopic (exact) mass is 258 g/mol. The van der Waals surface area contributed by atoms with Crippen LogP contribution in [0.1, 0.15) is 46.0 Å². The van der Waals surface area contributed by atoms with Crippen LogP contribution in [0, 0.1) is 5.92 Å². The van der Waals surface area contributed by atoms with E-state index >= 15 is 0 Å². The summed E-state index contributed by atoms with van der Waals surface area (Å²) in [6.45, 7) is 5.95. The molecular weight excluding hydrogens is 232 g/mol. The van der Waals surface area contributed by atoms with Crippen LogP contribution in [0.4, 0.5) is 0 Å². The van der Waals surface area contributed by atoms with E-state index in [-0.39, 0.29) is 12.3 Å². The molecular formula is C13H26N2O3. The molecule has 0 aliphatic rings. The van der Waals surface area contributed by atoms with Crippen LogP contribution in [0.15, 0.2) is 0 Å². The molecule has 0 aromatic rings. The summed E-state index contributed by atoms with van der Waals surface area (Å²) < 4.78 is 0. The molecule has 3 N–H and O–H groups in total. The third-order valence-corrected chi connectivity index (χ3v) is 2.93. The molecule has 0 heterocycles. The summed E-state index contributed by atoms with van der Waals surface area (Å²) in [6.07, 6.45) is 3.72. The van der Waals surface area contributed by atoms with Crippen molar-refractivity contribution in [2.45, 2.75) is 46.0 Å². The van der Waals surface area contributed by atoms with Gasteiger partial charge in [-0.3, -0.25) is 9.59 Å². The van der Waals surface area contributed by atoms with Crippen molar-refractivity contribution < 1.29 is 14.7 Å². The largest absolute Gasteiger partial charge is 0.481 e. The van der Waals surface area contributed by atoms with Gasteiger partial charge in [0.05, 0.1) is 6.54 Å². The Morgan fingerprint density at radius 2 is 1.89 bits per heavy atom. The number of carbonyl (C=O) groups excluding carboxylic acids is 1. The number of rotatable bonds is 11. The van der Waals surface area contributed by atoms with Crippen molar-refractivity contribution in [2.75, 3.05) is 19.6 Å². The number of carboxylic acid groups (broad SMARTS) is 1. The van der Waals surface area contributed by atoms with Crippen LogP contribution in [0.2, 0.25) is 0 Å². The van der Waals surface area contributed by atoms with Crippen LogP contribution in [0.25, 0.3) is 0 Å². The van der Waals surface area contributed by atoms with Gasteiger partial charge in [0.1, 0.15) is 0 Å². The second-order valence-corrected chi connectivity index (χ2v) is 4.52. The lowest BCUT2D eigenvalue weighted by atomic mass is 9.97. The van der Waals surface area contributed by atoms with Gasteiger partial charge in [0, 0.05) is 13.0 Å². The number of aliphatic carboxylic acids is 1. The first kappa shape index (κ1) is 16.9. The standard InChI is InChI=1S/C13H26N2O3/c1-3-8-14-10-12(16)15-9-7-11(4-2)5-6-13(17)18/h11,14H,3-10H2,1-2H3,(H,15,16)(H,17,18). The molecule has 0 fully saturated rings. The van der Waals surface area contributed by atoms with Gasteiger partial charge in [-0.2, -0.15) is 0 Å². The fourth-order valence-corrected chi connectivity index (χ4v) is 1.74. The number of nitrogens with one attached hydrogen (secondary N) is 2. The van der Waals surface area contributed by atoms with Crippen molar-refractivity contribution in [1.29, 1.82) is 0 Å². The molecule has 0 aliphatic heterocycles. The average Bonchev–Trinajstić information content (AvgIpc) is 2.33. The first-order chi connectivity index (χ1) is 8.60. The predicted octanol–water partition coefficient (Wildman–Crippen LogP) is 1.38. The maximum absolute atomic E-state index is 11.4. The molecule has 1 unspecified atom stereocenters. The number of hydrogen-bond acceptors (Lipinski definition) is 3. The Morgan fingerprint density at radius 3 is 2.44 bits per heavy atom. The fraction of sp³-hybridized carbons (Fsp3) is 0.846. The lowest BCUT2D eigenvalue weighted by molar-refractivity contribution is -0.137. The van der Waals surface area contributed by atoms with E-state index in [1.54, 1.807) is 0 Å². The summed E-state index contributed by atoms with van der Waals surface area (Å²) in [5.41, 5.74) is 0. The van der Waals surface area contributed by atoms with E-state index in [1.807, 2.05) is 0 Å². The Morgan fingerprint density at radius 1 is 1.17 bits per heavy atom. The maximum Gasteiger partial charge on any atom is 0.303 e. The first-order valence-corrected chi connectivity index (χ1v) is 6.79. The molecule has 0 bridgehead atoms. The fourth-order valence-electron chi connectivity index (χ4n) is 1.74. The van der Waals surface area contributed by atoms with Gasteiger partial charge >= 0.3 is 5.97 Å². The van der Waals surface area contributed by atoms with Gasteiger partial charge < -0.3 is 15.7 Å². The molecule has 0 aromatic carbocycles. The maximum atomic E-state index is 11.4. The third kappa shape index (κ3) is 10.1. The van der Waals surface area contributed by atoms with Crippen LogP contribution in [0.5, 0.6) is 0 Å². The van der Waals surface area contributed by atoms with E-state index in [0.29, 0.717) is 25.4 Å². The van der Waals surface area contributed by atoms with Crippen molar-refractivity contribution in [1.82, 2.24) is 10.6 Å². The molecule has 0 aliphatic carbocycles. The Labute approximate surface area is 109 Å². The molecule has 1 amide bonds. The van der Waals surface area contributed by atoms with Crippen LogP contribution in [-0.4, -0.2) is 36.6 Å². The van der Waals surface area contributed by atoms with Crippen molar-refractivity contribution in [3.05, 3.63) is 0 Å². The zero-order chi connectivity index (χ0) is 13.8. The van der Waals surface area contributed by atoms with E-state index < -0.39 is 5.97 Å². The minimum Gasteiger partial charge on any atom is -0.481 e. The number of carbonyl (C=O) groups is 2. The highest BCUT2D eigenvalue weighted by Gasteiger charge is 2.09. The van der Waals surface area contributed by atoms with Gasteiger partial charge in [-0.05, 0) is 31.7 Å². The van der Waals surface area contributed by atoms with Crippen molar-refractivity contribution in [3.63, 3.8) is 0 Å². The van der Waals surface area contributed by atoms with Gasteiger partial charge in [0.15, 0.2) is 0 Å². The Balaban J connectivity index is 3.59. The second kappa shape index (κ2) is 11.0. The Hall–Kier alpha value is -1.10. The van der Waals surface area contributed by atoms with Gasteiger partial charge in [-0.25, -0.2) is 0 Å². The molecule has 18 heavy (non-hydrogen) atoms. The number of hydrogen-bond donors (Lipinski definition) is 3. The Bertz CT molecular complexity index is 244. The van der Waals surface area contributed by atoms with Crippen LogP contribution in [-0.2, 0) is 9.59 Å². The van der Waals surface area contributed by atoms with Crippen LogP contribution < -0.4 is 10.6 Å². The molecule has 0 rings (SSSR count). The molecule has 1 atom stereocenters. The highest BCUT2D eigenvalue weighted by atomic mass is 16.4. The summed E-state index contributed by atoms with van der Waals surface area (Å²) in [5, 5.41) is 14.5. The van der Waals surface area contributed by atoms with Gasteiger partial charge in [0.25, 0.3) is 0 Å². The first-order valence-electron chi connectivity index (χ1n) is 6.79. The number of amides is 1. The normalized spacial score (nSPS) is 12.1. The molecule has 5 nitrogen and oxygen atoms in total. The molecule has 5 heteroatoms. The van der Waals surface area contributed by atoms with E-state index in [0.717, 1.165) is 25.8 Å². The highest BCUT2D eigenvalue weighted by Crippen LogP contribution is 2.14. The minimum atomic E-state index is -0.749. The molecule has 0 spiro atoms. The lowest BCUT2D eigenvalue weighted by Gasteiger charge is -2.14. The van der Waals surface area contributed by atoms with E-state index in [4.69, 9.17) is 5.11 Å². The highest BCUT2D eigenvalue weighted by molar-refractivity contribution is 5.77. The van der Waals surface area contributed by atoms with Gasteiger partial charge in [0.2, 0.25) is 5.91 Å². The van der Waals surface area contributed by atoms with Gasteiger partial charge in [-0.1, -0.05) is 20.3 Å². The summed E-state index contributed by atoms with van der Waals surface area (Å²) in [7, 11) is 0. The summed E-state index contributed by atoms with van der Waals surface area (Å²) >= 11 is 0. The average molecular weight is 258 g/mol.